The molecule has 0 rings (SSSR count). The van der Waals surface area contributed by atoms with E-state index in [4.69, 9.17) is 9.47 Å². The number of alkyl carbamates (subject to hydrolysis) is 1. The summed E-state index contributed by atoms with van der Waals surface area (Å²) in [4.78, 5) is 11.7. The molecular formula is C13H25NO4. The second-order valence-electron chi connectivity index (χ2n) is 5.39. The maximum Gasteiger partial charge on any atom is 0.408 e. The number of ether oxygens (including phenoxy) is 2. The molecule has 0 aliphatic heterocycles. The van der Waals surface area contributed by atoms with Gasteiger partial charge in [0.05, 0.1) is 18.2 Å². The maximum atomic E-state index is 11.7. The van der Waals surface area contributed by atoms with Crippen molar-refractivity contribution in [2.45, 2.75) is 51.4 Å². The highest BCUT2D eigenvalue weighted by atomic mass is 16.6. The van der Waals surface area contributed by atoms with Gasteiger partial charge in [-0.3, -0.25) is 0 Å². The number of amides is 1. The molecule has 0 aliphatic rings. The van der Waals surface area contributed by atoms with Crippen LogP contribution in [-0.4, -0.2) is 42.2 Å². The van der Waals surface area contributed by atoms with Crippen molar-refractivity contribution in [1.29, 1.82) is 0 Å². The van der Waals surface area contributed by atoms with E-state index in [0.29, 0.717) is 6.42 Å². The fourth-order valence-corrected chi connectivity index (χ4v) is 1.50. The van der Waals surface area contributed by atoms with Crippen LogP contribution in [0.4, 0.5) is 4.79 Å². The van der Waals surface area contributed by atoms with E-state index in [-0.39, 0.29) is 6.61 Å². The van der Waals surface area contributed by atoms with E-state index >= 15 is 0 Å². The number of aliphatic hydroxyl groups is 1. The van der Waals surface area contributed by atoms with Crippen LogP contribution in [0.1, 0.15) is 34.1 Å². The normalized spacial score (nSPS) is 16.6. The molecule has 18 heavy (non-hydrogen) atoms. The zero-order chi connectivity index (χ0) is 14.4. The van der Waals surface area contributed by atoms with Crippen LogP contribution in [0.5, 0.6) is 0 Å². The summed E-state index contributed by atoms with van der Waals surface area (Å²) >= 11 is 0. The number of carbonyl (C=O) groups excluding carboxylic acids is 1. The molecule has 0 saturated carbocycles. The van der Waals surface area contributed by atoms with Gasteiger partial charge in [0.2, 0.25) is 0 Å². The quantitative estimate of drug-likeness (QED) is 0.714. The predicted octanol–water partition coefficient (Wildman–Crippen LogP) is 1.85. The lowest BCUT2D eigenvalue weighted by atomic mass is 9.93. The minimum Gasteiger partial charge on any atom is -0.444 e. The largest absolute Gasteiger partial charge is 0.444 e. The first-order valence-electron chi connectivity index (χ1n) is 5.95. The molecule has 5 nitrogen and oxygen atoms in total. The summed E-state index contributed by atoms with van der Waals surface area (Å²) in [6, 6.07) is -0.560. The van der Waals surface area contributed by atoms with Crippen molar-refractivity contribution in [3.05, 3.63) is 12.7 Å². The Hall–Kier alpha value is -1.07. The van der Waals surface area contributed by atoms with Crippen LogP contribution in [0.15, 0.2) is 12.7 Å². The van der Waals surface area contributed by atoms with Gasteiger partial charge in [-0.2, -0.15) is 0 Å². The van der Waals surface area contributed by atoms with Gasteiger partial charge < -0.3 is 19.9 Å². The van der Waals surface area contributed by atoms with Crippen molar-refractivity contribution in [3.8, 4) is 0 Å². The highest BCUT2D eigenvalue weighted by molar-refractivity contribution is 5.68. The van der Waals surface area contributed by atoms with Crippen LogP contribution < -0.4 is 5.32 Å². The second-order valence-corrected chi connectivity index (χ2v) is 5.39. The average molecular weight is 259 g/mol. The maximum absolute atomic E-state index is 11.7. The van der Waals surface area contributed by atoms with Crippen molar-refractivity contribution in [1.82, 2.24) is 5.32 Å². The van der Waals surface area contributed by atoms with E-state index in [2.05, 4.69) is 11.9 Å². The molecule has 0 aromatic carbocycles. The summed E-state index contributed by atoms with van der Waals surface area (Å²) in [5.74, 6) is 0. The molecule has 0 heterocycles. The number of hydrogen-bond acceptors (Lipinski definition) is 4. The second kappa shape index (κ2) is 6.75. The number of methoxy groups -OCH3 is 1. The number of rotatable bonds is 6. The molecule has 5 heteroatoms. The van der Waals surface area contributed by atoms with Crippen LogP contribution >= 0.6 is 0 Å². The molecule has 0 aromatic rings. The fourth-order valence-electron chi connectivity index (χ4n) is 1.50. The molecule has 2 unspecified atom stereocenters. The number of aliphatic hydroxyl groups excluding tert-OH is 1. The Kier molecular flexibility index (Phi) is 6.35. The van der Waals surface area contributed by atoms with Gasteiger partial charge >= 0.3 is 6.09 Å². The van der Waals surface area contributed by atoms with Crippen molar-refractivity contribution in [2.75, 3.05) is 13.7 Å². The van der Waals surface area contributed by atoms with E-state index in [9.17, 15) is 9.90 Å². The molecule has 0 spiro atoms. The average Bonchev–Trinajstić information content (AvgIpc) is 2.23. The molecular weight excluding hydrogens is 234 g/mol. The Morgan fingerprint density at radius 2 is 2.00 bits per heavy atom. The summed E-state index contributed by atoms with van der Waals surface area (Å²) in [5, 5.41) is 12.0. The Balaban J connectivity index is 4.68. The topological polar surface area (TPSA) is 67.8 Å². The van der Waals surface area contributed by atoms with Gasteiger partial charge in [-0.1, -0.05) is 6.08 Å². The Morgan fingerprint density at radius 1 is 1.44 bits per heavy atom. The number of hydrogen-bond donors (Lipinski definition) is 2. The van der Waals surface area contributed by atoms with E-state index in [1.807, 2.05) is 0 Å². The molecule has 0 saturated heterocycles. The highest BCUT2D eigenvalue weighted by Crippen LogP contribution is 2.20. The van der Waals surface area contributed by atoms with Gasteiger partial charge in [0.1, 0.15) is 5.60 Å². The van der Waals surface area contributed by atoms with Gasteiger partial charge in [0.15, 0.2) is 0 Å². The number of carbonyl (C=O) groups is 1. The summed E-state index contributed by atoms with van der Waals surface area (Å²) in [6.07, 6.45) is 1.61. The molecule has 106 valence electrons. The predicted molar refractivity (Wildman–Crippen MR) is 70.5 cm³/mol. The van der Waals surface area contributed by atoms with E-state index in [1.165, 1.54) is 7.11 Å². The van der Waals surface area contributed by atoms with Gasteiger partial charge in [-0.25, -0.2) is 4.79 Å². The zero-order valence-corrected chi connectivity index (χ0v) is 11.9. The molecule has 2 atom stereocenters. The third-order valence-corrected chi connectivity index (χ3v) is 2.63. The lowest BCUT2D eigenvalue weighted by molar-refractivity contribution is -0.0412. The molecule has 2 N–H and O–H groups in total. The van der Waals surface area contributed by atoms with Gasteiger partial charge in [-0.15, -0.1) is 6.58 Å². The van der Waals surface area contributed by atoms with Crippen LogP contribution in [0.2, 0.25) is 0 Å². The van der Waals surface area contributed by atoms with Crippen LogP contribution in [0.25, 0.3) is 0 Å². The standard InChI is InChI=1S/C13H25NO4/c1-7-8-13(5,17-6)10(9-15)14-11(16)18-12(2,3)4/h7,10,15H,1,8-9H2,2-6H3,(H,14,16). The first-order valence-corrected chi connectivity index (χ1v) is 5.95. The van der Waals surface area contributed by atoms with Crippen molar-refractivity contribution in [2.24, 2.45) is 0 Å². The van der Waals surface area contributed by atoms with Crippen LogP contribution in [0.3, 0.4) is 0 Å². The monoisotopic (exact) mass is 259 g/mol. The van der Waals surface area contributed by atoms with E-state index in [0.717, 1.165) is 0 Å². The Morgan fingerprint density at radius 3 is 2.33 bits per heavy atom. The third kappa shape index (κ3) is 5.51. The highest BCUT2D eigenvalue weighted by Gasteiger charge is 2.35. The zero-order valence-electron chi connectivity index (χ0n) is 11.9. The fraction of sp³-hybridized carbons (Fsp3) is 0.769. The first kappa shape index (κ1) is 16.9. The van der Waals surface area contributed by atoms with Gasteiger partial charge in [-0.05, 0) is 34.1 Å². The summed E-state index contributed by atoms with van der Waals surface area (Å²) < 4.78 is 10.5. The lowest BCUT2D eigenvalue weighted by Crippen LogP contribution is -2.54. The van der Waals surface area contributed by atoms with Crippen LogP contribution in [-0.2, 0) is 9.47 Å². The molecule has 0 aliphatic carbocycles. The summed E-state index contributed by atoms with van der Waals surface area (Å²) in [6.45, 7) is 10.5. The third-order valence-electron chi connectivity index (χ3n) is 2.63. The molecule has 0 bridgehead atoms. The van der Waals surface area contributed by atoms with E-state index < -0.39 is 23.3 Å². The van der Waals surface area contributed by atoms with Crippen LogP contribution in [0, 0.1) is 0 Å². The van der Waals surface area contributed by atoms with Gasteiger partial charge in [0.25, 0.3) is 0 Å². The molecule has 0 fully saturated rings. The molecule has 0 aromatic heterocycles. The SMILES string of the molecule is C=CCC(C)(OC)C(CO)NC(=O)OC(C)(C)C. The molecule has 1 amide bonds. The van der Waals surface area contributed by atoms with E-state index in [1.54, 1.807) is 33.8 Å². The number of nitrogens with one attached hydrogen (secondary N) is 1. The van der Waals surface area contributed by atoms with Crippen molar-refractivity contribution < 1.29 is 19.4 Å². The van der Waals surface area contributed by atoms with Crippen molar-refractivity contribution >= 4 is 6.09 Å². The Labute approximate surface area is 109 Å². The summed E-state index contributed by atoms with van der Waals surface area (Å²) in [5.41, 5.74) is -1.29. The molecule has 0 radical (unpaired) electrons. The Bertz CT molecular complexity index is 285. The van der Waals surface area contributed by atoms with Crippen molar-refractivity contribution in [3.63, 3.8) is 0 Å². The smallest absolute Gasteiger partial charge is 0.408 e. The van der Waals surface area contributed by atoms with Gasteiger partial charge in [0, 0.05) is 7.11 Å². The summed E-state index contributed by atoms with van der Waals surface area (Å²) in [7, 11) is 1.53. The minimum absolute atomic E-state index is 0.239. The first-order chi connectivity index (χ1) is 8.18. The lowest BCUT2D eigenvalue weighted by Gasteiger charge is -2.35. The minimum atomic E-state index is -0.715.